The van der Waals surface area contributed by atoms with Crippen molar-refractivity contribution in [3.05, 3.63) is 0 Å². The van der Waals surface area contributed by atoms with Gasteiger partial charge in [0.2, 0.25) is 0 Å². The van der Waals surface area contributed by atoms with Gasteiger partial charge in [0.1, 0.15) is 6.61 Å². The molecule has 0 heterocycles. The van der Waals surface area contributed by atoms with Gasteiger partial charge in [-0.2, -0.15) is 0 Å². The molecule has 0 aromatic heterocycles. The summed E-state index contributed by atoms with van der Waals surface area (Å²) in [5.41, 5.74) is 0.208. The molecule has 1 unspecified atom stereocenters. The third-order valence-electron chi connectivity index (χ3n) is 3.73. The van der Waals surface area contributed by atoms with Crippen LogP contribution in [0.5, 0.6) is 0 Å². The Morgan fingerprint density at radius 2 is 1.80 bits per heavy atom. The van der Waals surface area contributed by atoms with Gasteiger partial charge in [0.05, 0.1) is 13.2 Å². The van der Waals surface area contributed by atoms with E-state index in [0.29, 0.717) is 13.2 Å². The molecule has 0 amide bonds. The van der Waals surface area contributed by atoms with E-state index in [1.807, 2.05) is 13.8 Å². The first-order valence-corrected chi connectivity index (χ1v) is 7.86. The zero-order valence-corrected chi connectivity index (χ0v) is 14.0. The summed E-state index contributed by atoms with van der Waals surface area (Å²) < 4.78 is 10.8. The summed E-state index contributed by atoms with van der Waals surface area (Å²) in [5, 5.41) is 3.49. The minimum absolute atomic E-state index is 0.101. The maximum atomic E-state index is 11.5. The van der Waals surface area contributed by atoms with E-state index in [2.05, 4.69) is 26.1 Å². The molecule has 4 nitrogen and oxygen atoms in total. The average Bonchev–Trinajstić information content (AvgIpc) is 2.44. The van der Waals surface area contributed by atoms with Gasteiger partial charge >= 0.3 is 0 Å². The fourth-order valence-corrected chi connectivity index (χ4v) is 1.49. The van der Waals surface area contributed by atoms with E-state index in [0.717, 1.165) is 32.4 Å². The van der Waals surface area contributed by atoms with E-state index in [9.17, 15) is 4.79 Å². The van der Waals surface area contributed by atoms with Crippen molar-refractivity contribution in [3.8, 4) is 0 Å². The number of hydrogen-bond donors (Lipinski definition) is 1. The Bertz CT molecular complexity index is 254. The van der Waals surface area contributed by atoms with Crippen LogP contribution >= 0.6 is 0 Å². The monoisotopic (exact) mass is 287 g/mol. The maximum Gasteiger partial charge on any atom is 0.161 e. The molecule has 0 aromatic carbocycles. The molecule has 1 atom stereocenters. The summed E-state index contributed by atoms with van der Waals surface area (Å²) >= 11 is 0. The van der Waals surface area contributed by atoms with E-state index in [1.54, 1.807) is 0 Å². The van der Waals surface area contributed by atoms with Crippen LogP contribution in [0.3, 0.4) is 0 Å². The molecule has 20 heavy (non-hydrogen) atoms. The quantitative estimate of drug-likeness (QED) is 0.529. The summed E-state index contributed by atoms with van der Waals surface area (Å²) in [6.07, 6.45) is 2.99. The number of carbonyl (C=O) groups is 1. The minimum Gasteiger partial charge on any atom is -0.379 e. The molecule has 0 saturated carbocycles. The van der Waals surface area contributed by atoms with E-state index in [-0.39, 0.29) is 23.8 Å². The Morgan fingerprint density at radius 1 is 1.15 bits per heavy atom. The van der Waals surface area contributed by atoms with Gasteiger partial charge in [-0.1, -0.05) is 20.8 Å². The Morgan fingerprint density at radius 3 is 2.40 bits per heavy atom. The van der Waals surface area contributed by atoms with Crippen LogP contribution in [0, 0.1) is 5.92 Å². The Labute approximate surface area is 124 Å². The third kappa shape index (κ3) is 10.4. The van der Waals surface area contributed by atoms with Crippen molar-refractivity contribution in [3.63, 3.8) is 0 Å². The molecule has 0 aromatic rings. The molecule has 1 N–H and O–H groups in total. The molecule has 0 bridgehead atoms. The second-order valence-corrected chi connectivity index (χ2v) is 5.96. The van der Waals surface area contributed by atoms with Gasteiger partial charge in [-0.3, -0.25) is 4.79 Å². The Hall–Kier alpha value is -0.450. The van der Waals surface area contributed by atoms with Gasteiger partial charge in [0, 0.05) is 18.1 Å². The molecular weight excluding hydrogens is 254 g/mol. The smallest absolute Gasteiger partial charge is 0.161 e. The number of rotatable bonds is 13. The molecular formula is C16H33NO3. The Kier molecular flexibility index (Phi) is 11.0. The lowest BCUT2D eigenvalue weighted by Crippen LogP contribution is -2.39. The molecule has 0 radical (unpaired) electrons. The molecule has 0 saturated heterocycles. The molecule has 120 valence electrons. The predicted molar refractivity (Wildman–Crippen MR) is 83.1 cm³/mol. The number of nitrogens with one attached hydrogen (secondary N) is 1. The second kappa shape index (κ2) is 11.2. The Balaban J connectivity index is 3.31. The highest BCUT2D eigenvalue weighted by Crippen LogP contribution is 2.06. The summed E-state index contributed by atoms with van der Waals surface area (Å²) in [6, 6.07) is 0. The van der Waals surface area contributed by atoms with E-state index in [4.69, 9.17) is 9.47 Å². The summed E-state index contributed by atoms with van der Waals surface area (Å²) in [5.74, 6) is 0.280. The van der Waals surface area contributed by atoms with E-state index in [1.165, 1.54) is 0 Å². The first-order chi connectivity index (χ1) is 9.43. The van der Waals surface area contributed by atoms with Crippen molar-refractivity contribution in [2.45, 2.75) is 59.4 Å². The van der Waals surface area contributed by atoms with Crippen LogP contribution in [0.15, 0.2) is 0 Å². The highest BCUT2D eigenvalue weighted by molar-refractivity contribution is 5.81. The topological polar surface area (TPSA) is 47.6 Å². The van der Waals surface area contributed by atoms with Crippen molar-refractivity contribution in [1.82, 2.24) is 5.32 Å². The molecule has 0 spiro atoms. The molecule has 0 aliphatic heterocycles. The molecule has 0 aliphatic rings. The van der Waals surface area contributed by atoms with Gasteiger partial charge in [-0.15, -0.1) is 0 Å². The van der Waals surface area contributed by atoms with Crippen LogP contribution in [-0.2, 0) is 14.3 Å². The lowest BCUT2D eigenvalue weighted by molar-refractivity contribution is -0.127. The van der Waals surface area contributed by atoms with Gasteiger partial charge in [0.15, 0.2) is 5.78 Å². The zero-order chi connectivity index (χ0) is 15.4. The highest BCUT2D eigenvalue weighted by atomic mass is 16.5. The normalized spacial score (nSPS) is 13.4. The van der Waals surface area contributed by atoms with Gasteiger partial charge in [0.25, 0.3) is 0 Å². The van der Waals surface area contributed by atoms with Gasteiger partial charge in [-0.25, -0.2) is 0 Å². The van der Waals surface area contributed by atoms with Crippen LogP contribution in [0.2, 0.25) is 0 Å². The summed E-state index contributed by atoms with van der Waals surface area (Å²) in [4.78, 5) is 11.5. The first kappa shape index (κ1) is 19.6. The van der Waals surface area contributed by atoms with Crippen molar-refractivity contribution >= 4 is 5.78 Å². The molecule has 0 fully saturated rings. The first-order valence-electron chi connectivity index (χ1n) is 7.86. The van der Waals surface area contributed by atoms with Crippen LogP contribution < -0.4 is 5.32 Å². The van der Waals surface area contributed by atoms with Crippen molar-refractivity contribution < 1.29 is 14.3 Å². The number of ketones is 1. The third-order valence-corrected chi connectivity index (χ3v) is 3.73. The summed E-state index contributed by atoms with van der Waals surface area (Å²) in [6.45, 7) is 13.5. The standard InChI is InChI=1S/C16H33NO3/c1-6-14(3)15(18)13-20-12-11-19-10-8-9-17-16(4,5)7-2/h14,17H,6-13H2,1-5H3. The largest absolute Gasteiger partial charge is 0.379 e. The summed E-state index contributed by atoms with van der Waals surface area (Å²) in [7, 11) is 0. The minimum atomic E-state index is 0.101. The van der Waals surface area contributed by atoms with Crippen LogP contribution in [0.25, 0.3) is 0 Å². The fraction of sp³-hybridized carbons (Fsp3) is 0.938. The number of hydrogen-bond acceptors (Lipinski definition) is 4. The molecule has 0 aliphatic carbocycles. The maximum absolute atomic E-state index is 11.5. The lowest BCUT2D eigenvalue weighted by atomic mass is 10.0. The zero-order valence-electron chi connectivity index (χ0n) is 14.0. The van der Waals surface area contributed by atoms with Gasteiger partial charge in [-0.05, 0) is 39.7 Å². The number of carbonyl (C=O) groups excluding carboxylic acids is 1. The fourth-order valence-electron chi connectivity index (χ4n) is 1.49. The molecule has 4 heteroatoms. The van der Waals surface area contributed by atoms with E-state index >= 15 is 0 Å². The van der Waals surface area contributed by atoms with Crippen LogP contribution in [0.1, 0.15) is 53.9 Å². The highest BCUT2D eigenvalue weighted by Gasteiger charge is 2.12. The molecule has 0 rings (SSSR count). The SMILES string of the molecule is CCC(C)C(=O)COCCOCCCNC(C)(C)CC. The second-order valence-electron chi connectivity index (χ2n) is 5.96. The van der Waals surface area contributed by atoms with Gasteiger partial charge < -0.3 is 14.8 Å². The van der Waals surface area contributed by atoms with Crippen molar-refractivity contribution in [1.29, 1.82) is 0 Å². The number of ether oxygens (including phenoxy) is 2. The average molecular weight is 287 g/mol. The number of Topliss-reactive ketones (excluding diaryl/α,β-unsaturated/α-hetero) is 1. The lowest BCUT2D eigenvalue weighted by Gasteiger charge is -2.24. The predicted octanol–water partition coefficient (Wildman–Crippen LogP) is 2.80. The van der Waals surface area contributed by atoms with E-state index < -0.39 is 0 Å². The van der Waals surface area contributed by atoms with Crippen LogP contribution in [0.4, 0.5) is 0 Å². The van der Waals surface area contributed by atoms with Crippen LogP contribution in [-0.4, -0.2) is 44.3 Å². The van der Waals surface area contributed by atoms with Crippen molar-refractivity contribution in [2.24, 2.45) is 5.92 Å². The van der Waals surface area contributed by atoms with Crippen molar-refractivity contribution in [2.75, 3.05) is 33.0 Å².